The number of aryl methyl sites for hydroxylation is 1. The molecule has 0 bridgehead atoms. The Morgan fingerprint density at radius 3 is 2.41 bits per heavy atom. The Hall–Kier alpha value is -2.80. The molecule has 1 amide bonds. The third-order valence-electron chi connectivity index (χ3n) is 4.60. The van der Waals surface area contributed by atoms with Gasteiger partial charge >= 0.3 is 0 Å². The molecule has 1 heterocycles. The maximum absolute atomic E-state index is 12.2. The largest absolute Gasteiger partial charge is 0.493 e. The molecule has 0 aliphatic heterocycles. The predicted molar refractivity (Wildman–Crippen MR) is 115 cm³/mol. The van der Waals surface area contributed by atoms with Crippen LogP contribution in [-0.2, 0) is 17.8 Å². The van der Waals surface area contributed by atoms with Crippen molar-refractivity contribution in [2.75, 3.05) is 21.3 Å². The highest BCUT2D eigenvalue weighted by atomic mass is 32.1. The van der Waals surface area contributed by atoms with Gasteiger partial charge in [-0.05, 0) is 49.1 Å². The van der Waals surface area contributed by atoms with Gasteiger partial charge in [0.25, 0.3) is 0 Å². The summed E-state index contributed by atoms with van der Waals surface area (Å²) in [7, 11) is 4.71. The van der Waals surface area contributed by atoms with Gasteiger partial charge in [-0.2, -0.15) is 0 Å². The Balaban J connectivity index is 1.45. The number of carbonyl (C=O) groups excluding carboxylic acids is 1. The van der Waals surface area contributed by atoms with Gasteiger partial charge in [-0.25, -0.2) is 4.98 Å². The van der Waals surface area contributed by atoms with E-state index in [2.05, 4.69) is 16.4 Å². The smallest absolute Gasteiger partial charge is 0.220 e. The molecule has 0 aliphatic rings. The standard InChI is InChI=1S/C22H26N2O4S/c1-26-17-12-15(13-18(27-2)22(17)28-3)14-23-20(25)10-6-7-11-21-24-16-8-4-5-9-19(16)29-21/h4-5,8-9,12-13H,6-7,10-11,14H2,1-3H3,(H,23,25). The molecule has 0 aliphatic carbocycles. The summed E-state index contributed by atoms with van der Waals surface area (Å²) in [6.07, 6.45) is 3.17. The maximum atomic E-state index is 12.2. The molecule has 7 heteroatoms. The van der Waals surface area contributed by atoms with Crippen molar-refractivity contribution in [3.63, 3.8) is 0 Å². The summed E-state index contributed by atoms with van der Waals surface area (Å²) < 4.78 is 17.2. The number of hydrogen-bond donors (Lipinski definition) is 1. The van der Waals surface area contributed by atoms with Crippen LogP contribution >= 0.6 is 11.3 Å². The van der Waals surface area contributed by atoms with Crippen molar-refractivity contribution >= 4 is 27.5 Å². The van der Waals surface area contributed by atoms with Gasteiger partial charge in [-0.3, -0.25) is 4.79 Å². The first-order valence-corrected chi connectivity index (χ1v) is 10.4. The molecule has 3 aromatic rings. The van der Waals surface area contributed by atoms with E-state index >= 15 is 0 Å². The Kier molecular flexibility index (Phi) is 7.30. The fraction of sp³-hybridized carbons (Fsp3) is 0.364. The van der Waals surface area contributed by atoms with Crippen molar-refractivity contribution in [2.45, 2.75) is 32.2 Å². The lowest BCUT2D eigenvalue weighted by Gasteiger charge is -2.14. The highest BCUT2D eigenvalue weighted by Crippen LogP contribution is 2.38. The number of unbranched alkanes of at least 4 members (excludes halogenated alkanes) is 1. The molecule has 1 aromatic heterocycles. The van der Waals surface area contributed by atoms with E-state index in [1.807, 2.05) is 30.3 Å². The van der Waals surface area contributed by atoms with E-state index in [-0.39, 0.29) is 5.91 Å². The normalized spacial score (nSPS) is 10.7. The molecule has 0 saturated carbocycles. The van der Waals surface area contributed by atoms with Crippen LogP contribution in [0.25, 0.3) is 10.2 Å². The van der Waals surface area contributed by atoms with Crippen molar-refractivity contribution in [2.24, 2.45) is 0 Å². The second kappa shape index (κ2) is 10.1. The van der Waals surface area contributed by atoms with E-state index in [4.69, 9.17) is 14.2 Å². The molecular formula is C22H26N2O4S. The minimum Gasteiger partial charge on any atom is -0.493 e. The summed E-state index contributed by atoms with van der Waals surface area (Å²) in [6, 6.07) is 11.8. The number of carbonyl (C=O) groups is 1. The first-order chi connectivity index (χ1) is 14.1. The van der Waals surface area contributed by atoms with Crippen molar-refractivity contribution in [1.82, 2.24) is 10.3 Å². The number of methoxy groups -OCH3 is 3. The highest BCUT2D eigenvalue weighted by Gasteiger charge is 2.13. The van der Waals surface area contributed by atoms with E-state index in [1.54, 1.807) is 32.7 Å². The van der Waals surface area contributed by atoms with Crippen LogP contribution in [0, 0.1) is 0 Å². The average Bonchev–Trinajstić information content (AvgIpc) is 3.17. The van der Waals surface area contributed by atoms with E-state index in [9.17, 15) is 4.79 Å². The minimum absolute atomic E-state index is 0.0306. The van der Waals surface area contributed by atoms with Crippen LogP contribution in [-0.4, -0.2) is 32.2 Å². The lowest BCUT2D eigenvalue weighted by atomic mass is 10.1. The number of nitrogens with one attached hydrogen (secondary N) is 1. The van der Waals surface area contributed by atoms with Crippen molar-refractivity contribution in [1.29, 1.82) is 0 Å². The van der Waals surface area contributed by atoms with Crippen LogP contribution in [0.4, 0.5) is 0 Å². The van der Waals surface area contributed by atoms with Crippen LogP contribution in [0.3, 0.4) is 0 Å². The monoisotopic (exact) mass is 414 g/mol. The summed E-state index contributed by atoms with van der Waals surface area (Å²) in [4.78, 5) is 16.8. The van der Waals surface area contributed by atoms with Gasteiger partial charge in [0, 0.05) is 13.0 Å². The lowest BCUT2D eigenvalue weighted by Crippen LogP contribution is -2.22. The van der Waals surface area contributed by atoms with E-state index in [1.165, 1.54) is 4.70 Å². The molecular weight excluding hydrogens is 388 g/mol. The van der Waals surface area contributed by atoms with Gasteiger partial charge in [0.2, 0.25) is 11.7 Å². The van der Waals surface area contributed by atoms with Gasteiger partial charge < -0.3 is 19.5 Å². The average molecular weight is 415 g/mol. The van der Waals surface area contributed by atoms with Gasteiger partial charge in [0.15, 0.2) is 11.5 Å². The summed E-state index contributed by atoms with van der Waals surface area (Å²) in [6.45, 7) is 0.410. The number of ether oxygens (including phenoxy) is 3. The molecule has 0 spiro atoms. The number of para-hydroxylation sites is 1. The zero-order valence-electron chi connectivity index (χ0n) is 17.0. The van der Waals surface area contributed by atoms with E-state index in [0.29, 0.717) is 30.2 Å². The molecule has 1 N–H and O–H groups in total. The number of nitrogens with zero attached hydrogens (tertiary/aromatic N) is 1. The number of rotatable bonds is 10. The van der Waals surface area contributed by atoms with Crippen molar-refractivity contribution < 1.29 is 19.0 Å². The molecule has 154 valence electrons. The minimum atomic E-state index is 0.0306. The molecule has 3 rings (SSSR count). The Labute approximate surface area is 174 Å². The maximum Gasteiger partial charge on any atom is 0.220 e. The number of fused-ring (bicyclic) bond motifs is 1. The summed E-state index contributed by atoms with van der Waals surface area (Å²) in [5, 5.41) is 4.08. The third kappa shape index (κ3) is 5.38. The van der Waals surface area contributed by atoms with Crippen LogP contribution < -0.4 is 19.5 Å². The lowest BCUT2D eigenvalue weighted by molar-refractivity contribution is -0.121. The predicted octanol–water partition coefficient (Wildman–Crippen LogP) is 4.35. The van der Waals surface area contributed by atoms with Gasteiger partial charge in [-0.1, -0.05) is 12.1 Å². The summed E-state index contributed by atoms with van der Waals surface area (Å²) in [5.41, 5.74) is 1.94. The van der Waals surface area contributed by atoms with Crippen LogP contribution in [0.2, 0.25) is 0 Å². The van der Waals surface area contributed by atoms with Crippen LogP contribution in [0.15, 0.2) is 36.4 Å². The van der Waals surface area contributed by atoms with Crippen molar-refractivity contribution in [3.8, 4) is 17.2 Å². The molecule has 0 unspecified atom stereocenters. The molecule has 29 heavy (non-hydrogen) atoms. The molecule has 6 nitrogen and oxygen atoms in total. The van der Waals surface area contributed by atoms with Crippen LogP contribution in [0.1, 0.15) is 29.8 Å². The first-order valence-electron chi connectivity index (χ1n) is 9.54. The zero-order valence-corrected chi connectivity index (χ0v) is 17.8. The second-order valence-electron chi connectivity index (χ2n) is 6.59. The SMILES string of the molecule is COc1cc(CNC(=O)CCCCc2nc3ccccc3s2)cc(OC)c1OC. The Bertz CT molecular complexity index is 912. The zero-order chi connectivity index (χ0) is 20.6. The third-order valence-corrected chi connectivity index (χ3v) is 5.69. The van der Waals surface area contributed by atoms with Gasteiger partial charge in [-0.15, -0.1) is 11.3 Å². The number of benzene rings is 2. The fourth-order valence-corrected chi connectivity index (χ4v) is 4.12. The number of hydrogen-bond acceptors (Lipinski definition) is 6. The molecule has 0 atom stereocenters. The number of amides is 1. The first kappa shape index (κ1) is 20.9. The molecule has 0 saturated heterocycles. The van der Waals surface area contributed by atoms with Crippen LogP contribution in [0.5, 0.6) is 17.2 Å². The van der Waals surface area contributed by atoms with E-state index < -0.39 is 0 Å². The highest BCUT2D eigenvalue weighted by molar-refractivity contribution is 7.18. The summed E-state index contributed by atoms with van der Waals surface area (Å²) in [5.74, 6) is 1.72. The second-order valence-corrected chi connectivity index (χ2v) is 7.71. The van der Waals surface area contributed by atoms with Gasteiger partial charge in [0.1, 0.15) is 0 Å². The summed E-state index contributed by atoms with van der Waals surface area (Å²) >= 11 is 1.73. The Morgan fingerprint density at radius 2 is 1.76 bits per heavy atom. The topological polar surface area (TPSA) is 69.7 Å². The molecule has 0 radical (unpaired) electrons. The number of aromatic nitrogens is 1. The van der Waals surface area contributed by atoms with Crippen molar-refractivity contribution in [3.05, 3.63) is 47.0 Å². The molecule has 2 aromatic carbocycles. The molecule has 0 fully saturated rings. The number of thiazole rings is 1. The van der Waals surface area contributed by atoms with Gasteiger partial charge in [0.05, 0.1) is 36.6 Å². The van der Waals surface area contributed by atoms with E-state index in [0.717, 1.165) is 35.4 Å². The quantitative estimate of drug-likeness (QED) is 0.500. The fourth-order valence-electron chi connectivity index (χ4n) is 3.12. The Morgan fingerprint density at radius 1 is 1.03 bits per heavy atom.